The highest BCUT2D eigenvalue weighted by Gasteiger charge is 2.38. The van der Waals surface area contributed by atoms with Gasteiger partial charge in [0.15, 0.2) is 0 Å². The maximum Gasteiger partial charge on any atom is 0.325 e. The number of nitrogens with one attached hydrogen (secondary N) is 2. The summed E-state index contributed by atoms with van der Waals surface area (Å²) in [6, 6.07) is 1.86. The minimum Gasteiger partial charge on any atom is -0.467 e. The smallest absolute Gasteiger partial charge is 0.325 e. The SMILES string of the molecule is CC[C@@H](C)[C@@H](CO)NC(=O)CC[C@@H]1NC(=O)N(Cc2ccco2)C1=O. The molecule has 0 spiro atoms. The molecule has 0 radical (unpaired) electrons. The molecule has 2 rings (SSSR count). The highest BCUT2D eigenvalue weighted by Crippen LogP contribution is 2.15. The lowest BCUT2D eigenvalue weighted by Crippen LogP contribution is -2.42. The Balaban J connectivity index is 1.83. The molecule has 0 bridgehead atoms. The van der Waals surface area contributed by atoms with Crippen LogP contribution in [0.2, 0.25) is 0 Å². The number of urea groups is 1. The molecule has 0 saturated carbocycles. The van der Waals surface area contributed by atoms with Crippen molar-refractivity contribution in [2.45, 2.75) is 51.7 Å². The number of furan rings is 1. The fourth-order valence-corrected chi connectivity index (χ4v) is 2.69. The molecule has 138 valence electrons. The van der Waals surface area contributed by atoms with E-state index in [9.17, 15) is 19.5 Å². The Bertz CT molecular complexity index is 601. The number of carbonyl (C=O) groups is 3. The molecule has 8 nitrogen and oxygen atoms in total. The molecule has 0 aromatic carbocycles. The summed E-state index contributed by atoms with van der Waals surface area (Å²) < 4.78 is 5.15. The topological polar surface area (TPSA) is 112 Å². The molecule has 3 N–H and O–H groups in total. The largest absolute Gasteiger partial charge is 0.467 e. The van der Waals surface area contributed by atoms with Crippen LogP contribution in [0.5, 0.6) is 0 Å². The molecular weight excluding hydrogens is 326 g/mol. The lowest BCUT2D eigenvalue weighted by molar-refractivity contribution is -0.128. The number of hydrogen-bond donors (Lipinski definition) is 3. The zero-order valence-corrected chi connectivity index (χ0v) is 14.5. The van der Waals surface area contributed by atoms with Crippen molar-refractivity contribution in [2.75, 3.05) is 6.61 Å². The van der Waals surface area contributed by atoms with Crippen LogP contribution in [0.1, 0.15) is 38.9 Å². The molecule has 0 unspecified atom stereocenters. The third-order valence-electron chi connectivity index (χ3n) is 4.54. The summed E-state index contributed by atoms with van der Waals surface area (Å²) in [5.41, 5.74) is 0. The van der Waals surface area contributed by atoms with Crippen LogP contribution in [0.4, 0.5) is 4.79 Å². The fraction of sp³-hybridized carbons (Fsp3) is 0.588. The summed E-state index contributed by atoms with van der Waals surface area (Å²) >= 11 is 0. The quantitative estimate of drug-likeness (QED) is 0.575. The maximum atomic E-state index is 12.3. The van der Waals surface area contributed by atoms with Gasteiger partial charge in [0.2, 0.25) is 5.91 Å². The first-order chi connectivity index (χ1) is 12.0. The molecule has 25 heavy (non-hydrogen) atoms. The van der Waals surface area contributed by atoms with Gasteiger partial charge in [-0.3, -0.25) is 14.5 Å². The molecule has 8 heteroatoms. The predicted molar refractivity (Wildman–Crippen MR) is 89.3 cm³/mol. The van der Waals surface area contributed by atoms with Crippen molar-refractivity contribution in [3.05, 3.63) is 24.2 Å². The number of nitrogens with zero attached hydrogens (tertiary/aromatic N) is 1. The number of amides is 4. The van der Waals surface area contributed by atoms with Crippen molar-refractivity contribution in [1.82, 2.24) is 15.5 Å². The molecule has 1 aliphatic rings. The molecule has 0 aliphatic carbocycles. The van der Waals surface area contributed by atoms with Crippen molar-refractivity contribution in [3.8, 4) is 0 Å². The van der Waals surface area contributed by atoms with E-state index >= 15 is 0 Å². The Morgan fingerprint density at radius 2 is 2.24 bits per heavy atom. The van der Waals surface area contributed by atoms with Crippen LogP contribution in [0.15, 0.2) is 22.8 Å². The van der Waals surface area contributed by atoms with E-state index in [0.717, 1.165) is 11.3 Å². The van der Waals surface area contributed by atoms with Gasteiger partial charge in [-0.05, 0) is 24.5 Å². The molecular formula is C17H25N3O5. The van der Waals surface area contributed by atoms with Gasteiger partial charge in [-0.2, -0.15) is 0 Å². The Kier molecular flexibility index (Phi) is 6.58. The van der Waals surface area contributed by atoms with E-state index in [1.807, 2.05) is 13.8 Å². The van der Waals surface area contributed by atoms with Crippen LogP contribution in [-0.2, 0) is 16.1 Å². The molecule has 1 aromatic heterocycles. The summed E-state index contributed by atoms with van der Waals surface area (Å²) in [6.07, 6.45) is 2.62. The van der Waals surface area contributed by atoms with Gasteiger partial charge in [-0.1, -0.05) is 20.3 Å². The lowest BCUT2D eigenvalue weighted by Gasteiger charge is -2.22. The summed E-state index contributed by atoms with van der Waals surface area (Å²) in [5.74, 6) is 0.0625. The van der Waals surface area contributed by atoms with Crippen LogP contribution >= 0.6 is 0 Å². The van der Waals surface area contributed by atoms with Crippen molar-refractivity contribution in [2.24, 2.45) is 5.92 Å². The lowest BCUT2D eigenvalue weighted by atomic mass is 9.99. The molecule has 2 heterocycles. The molecule has 3 atom stereocenters. The van der Waals surface area contributed by atoms with Crippen LogP contribution in [0, 0.1) is 5.92 Å². The summed E-state index contributed by atoms with van der Waals surface area (Å²) in [6.45, 7) is 3.88. The first-order valence-corrected chi connectivity index (χ1v) is 8.50. The van der Waals surface area contributed by atoms with Crippen molar-refractivity contribution in [3.63, 3.8) is 0 Å². The van der Waals surface area contributed by atoms with Gasteiger partial charge in [-0.25, -0.2) is 4.79 Å². The second-order valence-corrected chi connectivity index (χ2v) is 6.29. The zero-order valence-electron chi connectivity index (χ0n) is 14.5. The van der Waals surface area contributed by atoms with Crippen molar-refractivity contribution in [1.29, 1.82) is 0 Å². The predicted octanol–water partition coefficient (Wildman–Crippen LogP) is 1.00. The fourth-order valence-electron chi connectivity index (χ4n) is 2.69. The molecule has 4 amide bonds. The van der Waals surface area contributed by atoms with E-state index < -0.39 is 12.1 Å². The number of hydrogen-bond acceptors (Lipinski definition) is 5. The van der Waals surface area contributed by atoms with Gasteiger partial charge in [0, 0.05) is 6.42 Å². The van der Waals surface area contributed by atoms with E-state index in [-0.39, 0.29) is 49.8 Å². The summed E-state index contributed by atoms with van der Waals surface area (Å²) in [7, 11) is 0. The summed E-state index contributed by atoms with van der Waals surface area (Å²) in [5, 5.41) is 14.7. The second kappa shape index (κ2) is 8.66. The van der Waals surface area contributed by atoms with E-state index in [4.69, 9.17) is 4.42 Å². The zero-order chi connectivity index (χ0) is 18.4. The second-order valence-electron chi connectivity index (χ2n) is 6.29. The Morgan fingerprint density at radius 1 is 1.48 bits per heavy atom. The Morgan fingerprint density at radius 3 is 2.84 bits per heavy atom. The average molecular weight is 351 g/mol. The first kappa shape index (κ1) is 19.0. The monoisotopic (exact) mass is 351 g/mol. The van der Waals surface area contributed by atoms with Crippen molar-refractivity contribution < 1.29 is 23.9 Å². The molecule has 1 saturated heterocycles. The van der Waals surface area contributed by atoms with E-state index in [2.05, 4.69) is 10.6 Å². The summed E-state index contributed by atoms with van der Waals surface area (Å²) in [4.78, 5) is 37.4. The van der Waals surface area contributed by atoms with Crippen LogP contribution in [0.25, 0.3) is 0 Å². The van der Waals surface area contributed by atoms with Crippen LogP contribution in [-0.4, -0.2) is 46.5 Å². The first-order valence-electron chi connectivity index (χ1n) is 8.50. The standard InChI is InChI=1S/C17H25N3O5/c1-3-11(2)14(10-21)18-15(22)7-6-13-16(23)20(17(24)19-13)9-12-5-4-8-25-12/h4-5,8,11,13-14,21H,3,6-7,9-10H2,1-2H3,(H,18,22)(H,19,24)/t11-,13+,14-/m1/s1. The normalized spacial score (nSPS) is 19.6. The third-order valence-corrected chi connectivity index (χ3v) is 4.54. The third kappa shape index (κ3) is 4.82. The number of aliphatic hydroxyl groups excluding tert-OH is 1. The van der Waals surface area contributed by atoms with Crippen LogP contribution < -0.4 is 10.6 Å². The molecule has 1 aliphatic heterocycles. The van der Waals surface area contributed by atoms with Gasteiger partial charge in [0.05, 0.1) is 25.5 Å². The van der Waals surface area contributed by atoms with Crippen molar-refractivity contribution >= 4 is 17.8 Å². The van der Waals surface area contributed by atoms with Gasteiger partial charge in [-0.15, -0.1) is 0 Å². The van der Waals surface area contributed by atoms with Gasteiger partial charge < -0.3 is 20.2 Å². The number of rotatable bonds is 9. The minimum atomic E-state index is -0.718. The highest BCUT2D eigenvalue weighted by atomic mass is 16.3. The van der Waals surface area contributed by atoms with Gasteiger partial charge in [0.1, 0.15) is 11.8 Å². The Hall–Kier alpha value is -2.35. The highest BCUT2D eigenvalue weighted by molar-refractivity contribution is 6.04. The minimum absolute atomic E-state index is 0.0704. The van der Waals surface area contributed by atoms with E-state index in [1.54, 1.807) is 12.1 Å². The number of aliphatic hydroxyl groups is 1. The number of imide groups is 1. The molecule has 1 aromatic rings. The van der Waals surface area contributed by atoms with Crippen LogP contribution in [0.3, 0.4) is 0 Å². The number of carbonyl (C=O) groups excluding carboxylic acids is 3. The van der Waals surface area contributed by atoms with Gasteiger partial charge >= 0.3 is 6.03 Å². The van der Waals surface area contributed by atoms with E-state index in [0.29, 0.717) is 5.76 Å². The van der Waals surface area contributed by atoms with E-state index in [1.165, 1.54) is 6.26 Å². The molecule has 1 fully saturated rings. The average Bonchev–Trinajstić information content (AvgIpc) is 3.21. The Labute approximate surface area is 146 Å². The van der Waals surface area contributed by atoms with Gasteiger partial charge in [0.25, 0.3) is 5.91 Å². The maximum absolute atomic E-state index is 12.3.